The molecule has 9 heteroatoms. The van der Waals surface area contributed by atoms with Crippen molar-refractivity contribution in [2.24, 2.45) is 11.7 Å². The highest BCUT2D eigenvalue weighted by molar-refractivity contribution is 7.91. The van der Waals surface area contributed by atoms with E-state index in [9.17, 15) is 22.0 Å². The van der Waals surface area contributed by atoms with E-state index in [-0.39, 0.29) is 30.8 Å². The lowest BCUT2D eigenvalue weighted by Gasteiger charge is -2.11. The van der Waals surface area contributed by atoms with Gasteiger partial charge in [0.1, 0.15) is 0 Å². The lowest BCUT2D eigenvalue weighted by atomic mass is 10.1. The fourth-order valence-corrected chi connectivity index (χ4v) is 2.79. The van der Waals surface area contributed by atoms with Crippen LogP contribution in [0.15, 0.2) is 29.2 Å². The molecule has 0 spiro atoms. The molecule has 1 atom stereocenters. The number of hydrogen-bond acceptors (Lipinski definition) is 4. The normalized spacial score (nSPS) is 15.8. The minimum Gasteiger partial charge on any atom is -0.354 e. The smallest absolute Gasteiger partial charge is 0.341 e. The summed E-state index contributed by atoms with van der Waals surface area (Å²) in [5.41, 5.74) is 6.41. The Bertz CT molecular complexity index is 634. The molecule has 2 rings (SSSR count). The Morgan fingerprint density at radius 3 is 2.30 bits per heavy atom. The van der Waals surface area contributed by atoms with E-state index in [1.807, 2.05) is 0 Å². The second-order valence-corrected chi connectivity index (χ2v) is 7.35. The van der Waals surface area contributed by atoms with Gasteiger partial charge in [0.15, 0.2) is 0 Å². The number of carbonyl (C=O) groups is 1. The van der Waals surface area contributed by atoms with E-state index in [1.165, 1.54) is 12.1 Å². The molecule has 0 heterocycles. The Morgan fingerprint density at radius 1 is 1.26 bits per heavy atom. The largest absolute Gasteiger partial charge is 0.354 e. The van der Waals surface area contributed by atoms with Crippen molar-refractivity contribution < 1.29 is 22.0 Å². The Balaban J connectivity index is 0.00000264. The van der Waals surface area contributed by atoms with Gasteiger partial charge in [0, 0.05) is 12.6 Å². The predicted octanol–water partition coefficient (Wildman–Crippen LogP) is 1.50. The van der Waals surface area contributed by atoms with Gasteiger partial charge in [0.05, 0.1) is 11.3 Å². The van der Waals surface area contributed by atoms with Crippen molar-refractivity contribution in [1.82, 2.24) is 5.32 Å². The minimum absolute atomic E-state index is 0. The highest BCUT2D eigenvalue weighted by atomic mass is 35.5. The van der Waals surface area contributed by atoms with Crippen LogP contribution in [0.3, 0.4) is 0 Å². The Hall–Kier alpha value is -1.25. The number of nitrogens with one attached hydrogen (secondary N) is 1. The van der Waals surface area contributed by atoms with Gasteiger partial charge < -0.3 is 11.1 Å². The van der Waals surface area contributed by atoms with E-state index >= 15 is 0 Å². The molecular formula is C14H19ClF2N2O3S. The van der Waals surface area contributed by atoms with Crippen LogP contribution in [0.1, 0.15) is 18.4 Å². The van der Waals surface area contributed by atoms with Crippen LogP contribution < -0.4 is 11.1 Å². The number of hydrogen-bond donors (Lipinski definition) is 2. The molecule has 0 bridgehead atoms. The van der Waals surface area contributed by atoms with Crippen molar-refractivity contribution >= 4 is 28.2 Å². The average molecular weight is 369 g/mol. The fraction of sp³-hybridized carbons (Fsp3) is 0.500. The highest BCUT2D eigenvalue weighted by Gasteiger charge is 2.28. The van der Waals surface area contributed by atoms with E-state index in [1.54, 1.807) is 0 Å². The van der Waals surface area contributed by atoms with Gasteiger partial charge in [0.25, 0.3) is 0 Å². The lowest BCUT2D eigenvalue weighted by molar-refractivity contribution is -0.120. The van der Waals surface area contributed by atoms with Gasteiger partial charge in [-0.15, -0.1) is 12.4 Å². The third kappa shape index (κ3) is 5.40. The van der Waals surface area contributed by atoms with E-state index < -0.39 is 20.5 Å². The van der Waals surface area contributed by atoms with Crippen LogP contribution in [0, 0.1) is 5.92 Å². The minimum atomic E-state index is -4.60. The number of sulfone groups is 1. The van der Waals surface area contributed by atoms with E-state index in [0.29, 0.717) is 18.0 Å². The number of nitrogens with two attached hydrogens (primary N) is 1. The number of benzene rings is 1. The number of carbonyl (C=O) groups excluding carboxylic acids is 1. The molecular weight excluding hydrogens is 350 g/mol. The van der Waals surface area contributed by atoms with Gasteiger partial charge in [-0.2, -0.15) is 8.78 Å². The first-order valence-electron chi connectivity index (χ1n) is 6.94. The third-order valence-corrected chi connectivity index (χ3v) is 5.01. The Morgan fingerprint density at radius 2 is 1.83 bits per heavy atom. The first kappa shape index (κ1) is 19.8. The molecule has 3 N–H and O–H groups in total. The third-order valence-electron chi connectivity index (χ3n) is 3.61. The van der Waals surface area contributed by atoms with Crippen LogP contribution >= 0.6 is 12.4 Å². The summed E-state index contributed by atoms with van der Waals surface area (Å²) in [6.07, 6.45) is 2.24. The van der Waals surface area contributed by atoms with Crippen LogP contribution in [0.4, 0.5) is 8.78 Å². The first-order valence-corrected chi connectivity index (χ1v) is 8.48. The Kier molecular flexibility index (Phi) is 6.91. The topological polar surface area (TPSA) is 89.3 Å². The van der Waals surface area contributed by atoms with Gasteiger partial charge in [-0.3, -0.25) is 4.79 Å². The molecule has 0 saturated heterocycles. The number of halogens is 3. The summed E-state index contributed by atoms with van der Waals surface area (Å²) in [5.74, 6) is -3.20. The summed E-state index contributed by atoms with van der Waals surface area (Å²) in [6.45, 7) is 0.404. The van der Waals surface area contributed by atoms with Crippen LogP contribution in [0.2, 0.25) is 0 Å². The van der Waals surface area contributed by atoms with Gasteiger partial charge in [-0.1, -0.05) is 12.1 Å². The summed E-state index contributed by atoms with van der Waals surface area (Å²) in [5, 5.41) is 2.71. The number of alkyl halides is 2. The number of rotatable bonds is 7. The lowest BCUT2D eigenvalue weighted by Crippen LogP contribution is -2.39. The molecule has 0 radical (unpaired) electrons. The SMILES string of the molecule is Cl.NC(CNC(=O)Cc1ccc(S(=O)(=O)C(F)F)cc1)C1CC1. The molecule has 1 aromatic carbocycles. The molecule has 0 aliphatic heterocycles. The Labute approximate surface area is 140 Å². The maximum Gasteiger partial charge on any atom is 0.341 e. The second-order valence-electron chi connectivity index (χ2n) is 5.43. The van der Waals surface area contributed by atoms with Crippen molar-refractivity contribution in [1.29, 1.82) is 0 Å². The summed E-state index contributed by atoms with van der Waals surface area (Å²) >= 11 is 0. The maximum atomic E-state index is 12.4. The molecule has 1 aromatic rings. The van der Waals surface area contributed by atoms with Crippen molar-refractivity contribution in [3.63, 3.8) is 0 Å². The molecule has 1 amide bonds. The van der Waals surface area contributed by atoms with Crippen LogP contribution in [0.5, 0.6) is 0 Å². The molecule has 0 aromatic heterocycles. The van der Waals surface area contributed by atoms with E-state index in [0.717, 1.165) is 25.0 Å². The fourth-order valence-electron chi connectivity index (χ4n) is 2.07. The van der Waals surface area contributed by atoms with Gasteiger partial charge in [-0.25, -0.2) is 8.42 Å². The summed E-state index contributed by atoms with van der Waals surface area (Å²) in [4.78, 5) is 11.3. The highest BCUT2D eigenvalue weighted by Crippen LogP contribution is 2.31. The molecule has 23 heavy (non-hydrogen) atoms. The first-order chi connectivity index (χ1) is 10.3. The van der Waals surface area contributed by atoms with Crippen LogP contribution in [0.25, 0.3) is 0 Å². The monoisotopic (exact) mass is 368 g/mol. The van der Waals surface area contributed by atoms with Gasteiger partial charge in [0.2, 0.25) is 15.7 Å². The quantitative estimate of drug-likeness (QED) is 0.763. The van der Waals surface area contributed by atoms with Gasteiger partial charge in [-0.05, 0) is 36.5 Å². The summed E-state index contributed by atoms with van der Waals surface area (Å²) < 4.78 is 47.3. The second kappa shape index (κ2) is 8.03. The zero-order valence-corrected chi connectivity index (χ0v) is 13.9. The van der Waals surface area contributed by atoms with E-state index in [4.69, 9.17) is 5.73 Å². The van der Waals surface area contributed by atoms with Gasteiger partial charge >= 0.3 is 5.76 Å². The average Bonchev–Trinajstić information content (AvgIpc) is 3.30. The zero-order chi connectivity index (χ0) is 16.3. The van der Waals surface area contributed by atoms with Crippen LogP contribution in [-0.2, 0) is 21.1 Å². The molecule has 5 nitrogen and oxygen atoms in total. The van der Waals surface area contributed by atoms with E-state index in [2.05, 4.69) is 5.32 Å². The molecule has 1 unspecified atom stereocenters. The van der Waals surface area contributed by atoms with Crippen LogP contribution in [-0.4, -0.2) is 32.7 Å². The molecule has 1 saturated carbocycles. The maximum absolute atomic E-state index is 12.4. The molecule has 1 fully saturated rings. The van der Waals surface area contributed by atoms with Crippen molar-refractivity contribution in [3.8, 4) is 0 Å². The standard InChI is InChI=1S/C14H18F2N2O3S.ClH/c15-14(16)22(20,21)11-5-1-9(2-6-11)7-13(19)18-8-12(17)10-3-4-10;/h1-2,5-6,10,12,14H,3-4,7-8,17H2,(H,18,19);1H. The number of amides is 1. The molecule has 130 valence electrons. The zero-order valence-electron chi connectivity index (χ0n) is 12.2. The van der Waals surface area contributed by atoms with Crippen molar-refractivity contribution in [2.45, 2.75) is 36.0 Å². The predicted molar refractivity (Wildman–Crippen MR) is 84.3 cm³/mol. The van der Waals surface area contributed by atoms with Crippen molar-refractivity contribution in [2.75, 3.05) is 6.54 Å². The summed E-state index contributed by atoms with van der Waals surface area (Å²) in [7, 11) is -4.60. The summed E-state index contributed by atoms with van der Waals surface area (Å²) in [6, 6.07) is 4.84. The van der Waals surface area contributed by atoms with Crippen molar-refractivity contribution in [3.05, 3.63) is 29.8 Å². The molecule has 1 aliphatic carbocycles. The molecule has 1 aliphatic rings.